The van der Waals surface area contributed by atoms with Crippen molar-refractivity contribution in [2.24, 2.45) is 0 Å². The molecule has 69 heavy (non-hydrogen) atoms. The number of hydrogen-bond acceptors (Lipinski definition) is 6. The predicted octanol–water partition coefficient (Wildman–Crippen LogP) is 19.3. The summed E-state index contributed by atoms with van der Waals surface area (Å²) in [5.41, 5.74) is 0. The highest BCUT2D eigenvalue weighted by Crippen LogP contribution is 2.16. The molecule has 1 atom stereocenters. The fourth-order valence-corrected chi connectivity index (χ4v) is 7.86. The molecule has 0 fully saturated rings. The SMILES string of the molecule is CC\C=C/C=C\C=C/C=C\CCCCCCCC(=O)OCC(COC(=O)CCCCCCCCCCCCCCCCCCCCC)OC(=O)CCC/C=C\C/C=C\C/C=C\C/C=C\CCCCC. The van der Waals surface area contributed by atoms with Crippen LogP contribution in [0.1, 0.15) is 265 Å². The van der Waals surface area contributed by atoms with E-state index in [1.54, 1.807) is 0 Å². The third-order valence-corrected chi connectivity index (χ3v) is 12.2. The van der Waals surface area contributed by atoms with Gasteiger partial charge in [-0.2, -0.15) is 0 Å². The van der Waals surface area contributed by atoms with Gasteiger partial charge in [-0.25, -0.2) is 0 Å². The van der Waals surface area contributed by atoms with Crippen molar-refractivity contribution < 1.29 is 28.6 Å². The molecule has 0 aromatic rings. The van der Waals surface area contributed by atoms with Gasteiger partial charge in [-0.3, -0.25) is 14.4 Å². The molecule has 0 saturated heterocycles. The Kier molecular flexibility index (Phi) is 53.9. The smallest absolute Gasteiger partial charge is 0.306 e. The summed E-state index contributed by atoms with van der Waals surface area (Å²) in [6, 6.07) is 0. The summed E-state index contributed by atoms with van der Waals surface area (Å²) in [5, 5.41) is 0. The van der Waals surface area contributed by atoms with Gasteiger partial charge in [0.05, 0.1) is 0 Å². The highest BCUT2D eigenvalue weighted by molar-refractivity contribution is 5.71. The Morgan fingerprint density at radius 3 is 1.09 bits per heavy atom. The Morgan fingerprint density at radius 2 is 0.638 bits per heavy atom. The molecule has 0 rings (SSSR count). The Hall–Kier alpha value is -3.67. The lowest BCUT2D eigenvalue weighted by Gasteiger charge is -2.18. The van der Waals surface area contributed by atoms with Gasteiger partial charge >= 0.3 is 17.9 Å². The van der Waals surface area contributed by atoms with E-state index >= 15 is 0 Å². The highest BCUT2D eigenvalue weighted by Gasteiger charge is 2.19. The van der Waals surface area contributed by atoms with E-state index in [4.69, 9.17) is 14.2 Å². The molecule has 0 aliphatic rings. The lowest BCUT2D eigenvalue weighted by Crippen LogP contribution is -2.30. The Bertz CT molecular complexity index is 1380. The average Bonchev–Trinajstić information content (AvgIpc) is 3.35. The highest BCUT2D eigenvalue weighted by atomic mass is 16.6. The van der Waals surface area contributed by atoms with Crippen LogP contribution in [0.4, 0.5) is 0 Å². The van der Waals surface area contributed by atoms with Crippen LogP contribution in [-0.4, -0.2) is 37.2 Å². The van der Waals surface area contributed by atoms with Crippen molar-refractivity contribution in [2.45, 2.75) is 271 Å². The lowest BCUT2D eigenvalue weighted by atomic mass is 10.0. The van der Waals surface area contributed by atoms with Crippen molar-refractivity contribution in [3.05, 3.63) is 97.2 Å². The van der Waals surface area contributed by atoms with Crippen molar-refractivity contribution in [1.29, 1.82) is 0 Å². The van der Waals surface area contributed by atoms with Crippen LogP contribution in [0.25, 0.3) is 0 Å². The zero-order valence-electron chi connectivity index (χ0n) is 45.0. The molecule has 0 aliphatic heterocycles. The minimum Gasteiger partial charge on any atom is -0.462 e. The normalized spacial score (nSPS) is 12.8. The first-order valence-corrected chi connectivity index (χ1v) is 28.8. The molecular formula is C63H106O6. The van der Waals surface area contributed by atoms with Gasteiger partial charge in [0.15, 0.2) is 6.10 Å². The van der Waals surface area contributed by atoms with Crippen molar-refractivity contribution in [3.63, 3.8) is 0 Å². The molecule has 0 heterocycles. The van der Waals surface area contributed by atoms with E-state index in [1.807, 2.05) is 18.2 Å². The summed E-state index contributed by atoms with van der Waals surface area (Å²) >= 11 is 0. The summed E-state index contributed by atoms with van der Waals surface area (Å²) in [4.78, 5) is 38.1. The average molecular weight is 960 g/mol. The molecule has 394 valence electrons. The fourth-order valence-electron chi connectivity index (χ4n) is 7.86. The van der Waals surface area contributed by atoms with E-state index in [9.17, 15) is 14.4 Å². The Morgan fingerprint density at radius 1 is 0.319 bits per heavy atom. The first kappa shape index (κ1) is 65.3. The van der Waals surface area contributed by atoms with E-state index in [2.05, 4.69) is 99.8 Å². The minimum absolute atomic E-state index is 0.106. The predicted molar refractivity (Wildman–Crippen MR) is 297 cm³/mol. The Labute approximate surface area is 426 Å². The summed E-state index contributed by atoms with van der Waals surface area (Å²) < 4.78 is 16.8. The summed E-state index contributed by atoms with van der Waals surface area (Å²) in [7, 11) is 0. The van der Waals surface area contributed by atoms with Gasteiger partial charge in [0, 0.05) is 19.3 Å². The van der Waals surface area contributed by atoms with Crippen LogP contribution < -0.4 is 0 Å². The minimum atomic E-state index is -0.816. The molecule has 6 nitrogen and oxygen atoms in total. The van der Waals surface area contributed by atoms with Crippen LogP contribution in [0, 0.1) is 0 Å². The maximum absolute atomic E-state index is 12.8. The van der Waals surface area contributed by atoms with E-state index < -0.39 is 6.10 Å². The first-order valence-electron chi connectivity index (χ1n) is 28.8. The van der Waals surface area contributed by atoms with Crippen LogP contribution in [0.5, 0.6) is 0 Å². The third-order valence-electron chi connectivity index (χ3n) is 12.2. The molecule has 1 unspecified atom stereocenters. The number of unbranched alkanes of at least 4 members (excludes halogenated alkanes) is 27. The zero-order chi connectivity index (χ0) is 50.0. The maximum Gasteiger partial charge on any atom is 0.306 e. The van der Waals surface area contributed by atoms with Crippen LogP contribution in [0.2, 0.25) is 0 Å². The van der Waals surface area contributed by atoms with Crippen molar-refractivity contribution in [2.75, 3.05) is 13.2 Å². The van der Waals surface area contributed by atoms with E-state index in [0.717, 1.165) is 89.9 Å². The molecule has 0 radical (unpaired) electrons. The standard InChI is InChI=1S/C63H106O6/c1-4-7-10-13-16-19-22-25-28-30-31-33-35-38-41-44-47-50-53-56-62(65)68-59-60(58-67-61(64)55-52-49-46-43-40-37-34-27-24-21-18-15-12-9-6-3)69-63(66)57-54-51-48-45-42-39-36-32-29-26-23-20-17-14-11-8-5-2/h9,12,15,17-18,20-21,24,26-27,29,34,36,39,45,48,60H,4-8,10-11,13-14,16,19,22-23,25,28,30-33,35,37-38,40-44,46-47,49-59H2,1-3H3/b12-9-,18-15-,20-17-,24-21-,29-26-,34-27-,39-36-,48-45-. The lowest BCUT2D eigenvalue weighted by molar-refractivity contribution is -0.167. The second-order valence-corrected chi connectivity index (χ2v) is 18.9. The van der Waals surface area contributed by atoms with E-state index in [1.165, 1.54) is 128 Å². The van der Waals surface area contributed by atoms with E-state index in [-0.39, 0.29) is 37.5 Å². The molecular weight excluding hydrogens is 853 g/mol. The Balaban J connectivity index is 4.47. The van der Waals surface area contributed by atoms with Gasteiger partial charge < -0.3 is 14.2 Å². The molecule has 0 amide bonds. The second-order valence-electron chi connectivity index (χ2n) is 18.9. The second kappa shape index (κ2) is 56.9. The molecule has 0 spiro atoms. The zero-order valence-corrected chi connectivity index (χ0v) is 45.0. The topological polar surface area (TPSA) is 78.9 Å². The monoisotopic (exact) mass is 959 g/mol. The van der Waals surface area contributed by atoms with Gasteiger partial charge in [0.25, 0.3) is 0 Å². The summed E-state index contributed by atoms with van der Waals surface area (Å²) in [6.45, 7) is 6.42. The molecule has 0 aromatic heterocycles. The van der Waals surface area contributed by atoms with Crippen molar-refractivity contribution in [1.82, 2.24) is 0 Å². The maximum atomic E-state index is 12.8. The van der Waals surface area contributed by atoms with Crippen LogP contribution in [0.15, 0.2) is 97.2 Å². The molecule has 0 aromatic carbocycles. The summed E-state index contributed by atoms with van der Waals surface area (Å²) in [6.07, 6.45) is 75.5. The number of allylic oxidation sites excluding steroid dienone is 16. The first-order chi connectivity index (χ1) is 34.0. The molecule has 0 aliphatic carbocycles. The van der Waals surface area contributed by atoms with Crippen LogP contribution in [-0.2, 0) is 28.6 Å². The molecule has 0 N–H and O–H groups in total. The van der Waals surface area contributed by atoms with Crippen LogP contribution >= 0.6 is 0 Å². The van der Waals surface area contributed by atoms with Crippen molar-refractivity contribution >= 4 is 17.9 Å². The third kappa shape index (κ3) is 55.1. The number of esters is 3. The number of hydrogen-bond donors (Lipinski definition) is 0. The van der Waals surface area contributed by atoms with Gasteiger partial charge in [0.1, 0.15) is 13.2 Å². The number of rotatable bonds is 51. The van der Waals surface area contributed by atoms with Gasteiger partial charge in [-0.15, -0.1) is 0 Å². The largest absolute Gasteiger partial charge is 0.462 e. The molecule has 0 bridgehead atoms. The van der Waals surface area contributed by atoms with Crippen molar-refractivity contribution in [3.8, 4) is 0 Å². The fraction of sp³-hybridized carbons (Fsp3) is 0.698. The summed E-state index contributed by atoms with van der Waals surface area (Å²) in [5.74, 6) is -0.982. The van der Waals surface area contributed by atoms with Gasteiger partial charge in [-0.1, -0.05) is 266 Å². The quantitative estimate of drug-likeness (QED) is 0.0199. The van der Waals surface area contributed by atoms with Gasteiger partial charge in [0.2, 0.25) is 0 Å². The number of ether oxygens (including phenoxy) is 3. The number of carbonyl (C=O) groups excluding carboxylic acids is 3. The molecule has 0 saturated carbocycles. The number of carbonyl (C=O) groups is 3. The van der Waals surface area contributed by atoms with Crippen LogP contribution in [0.3, 0.4) is 0 Å². The molecule has 6 heteroatoms. The van der Waals surface area contributed by atoms with E-state index in [0.29, 0.717) is 19.3 Å². The van der Waals surface area contributed by atoms with Gasteiger partial charge in [-0.05, 0) is 77.0 Å².